The van der Waals surface area contributed by atoms with Crippen molar-refractivity contribution in [2.75, 3.05) is 13.2 Å². The Labute approximate surface area is 111 Å². The lowest BCUT2D eigenvalue weighted by molar-refractivity contribution is -0.155. The van der Waals surface area contributed by atoms with Gasteiger partial charge in [-0.25, -0.2) is 4.79 Å². The number of carbonyl (C=O) groups is 3. The third-order valence-corrected chi connectivity index (χ3v) is 3.40. The van der Waals surface area contributed by atoms with Gasteiger partial charge in [0.05, 0.1) is 6.61 Å². The van der Waals surface area contributed by atoms with E-state index in [0.717, 1.165) is 24.2 Å². The standard InChI is InChI=1S/C13H17NO5/c15-11(10-6-2-4-8-19-10)12(16)14-7-3-1-5-9(14)13(17)18/h6,9H,1-5,7-8H2,(H,17,18). The molecule has 1 N–H and O–H groups in total. The highest BCUT2D eigenvalue weighted by Gasteiger charge is 2.36. The van der Waals surface area contributed by atoms with Gasteiger partial charge in [0.2, 0.25) is 0 Å². The molecule has 0 aromatic rings. The summed E-state index contributed by atoms with van der Waals surface area (Å²) in [7, 11) is 0. The van der Waals surface area contributed by atoms with E-state index in [4.69, 9.17) is 9.84 Å². The van der Waals surface area contributed by atoms with Gasteiger partial charge in [0.25, 0.3) is 11.7 Å². The second kappa shape index (κ2) is 5.86. The van der Waals surface area contributed by atoms with E-state index in [1.54, 1.807) is 6.08 Å². The topological polar surface area (TPSA) is 83.9 Å². The molecule has 6 heteroatoms. The zero-order valence-corrected chi connectivity index (χ0v) is 10.6. The highest BCUT2D eigenvalue weighted by atomic mass is 16.5. The van der Waals surface area contributed by atoms with Crippen molar-refractivity contribution in [2.45, 2.75) is 38.1 Å². The van der Waals surface area contributed by atoms with Gasteiger partial charge in [-0.05, 0) is 38.2 Å². The number of likely N-dealkylation sites (tertiary alicyclic amines) is 1. The van der Waals surface area contributed by atoms with Crippen LogP contribution in [-0.4, -0.2) is 46.9 Å². The van der Waals surface area contributed by atoms with Crippen molar-refractivity contribution >= 4 is 17.7 Å². The Kier molecular flexibility index (Phi) is 4.19. The van der Waals surface area contributed by atoms with Crippen LogP contribution in [0.3, 0.4) is 0 Å². The van der Waals surface area contributed by atoms with E-state index in [2.05, 4.69) is 0 Å². The number of amides is 1. The van der Waals surface area contributed by atoms with Crippen LogP contribution in [0, 0.1) is 0 Å². The normalized spacial score (nSPS) is 23.3. The van der Waals surface area contributed by atoms with Crippen LogP contribution in [0.1, 0.15) is 32.1 Å². The van der Waals surface area contributed by atoms with E-state index in [1.807, 2.05) is 0 Å². The minimum absolute atomic E-state index is 0.0611. The van der Waals surface area contributed by atoms with E-state index in [-0.39, 0.29) is 5.76 Å². The molecule has 1 amide bonds. The van der Waals surface area contributed by atoms with Crippen LogP contribution in [0.4, 0.5) is 0 Å². The Morgan fingerprint density at radius 2 is 2.05 bits per heavy atom. The summed E-state index contributed by atoms with van der Waals surface area (Å²) in [6.45, 7) is 0.738. The molecule has 0 spiro atoms. The summed E-state index contributed by atoms with van der Waals surface area (Å²) in [6.07, 6.45) is 5.01. The number of Topliss-reactive ketones (excluding diaryl/α,β-unsaturated/α-hetero) is 1. The van der Waals surface area contributed by atoms with Crippen LogP contribution in [-0.2, 0) is 19.1 Å². The van der Waals surface area contributed by atoms with Crippen LogP contribution >= 0.6 is 0 Å². The number of hydrogen-bond donors (Lipinski definition) is 1. The smallest absolute Gasteiger partial charge is 0.326 e. The highest BCUT2D eigenvalue weighted by molar-refractivity contribution is 6.42. The summed E-state index contributed by atoms with van der Waals surface area (Å²) < 4.78 is 5.16. The first-order valence-corrected chi connectivity index (χ1v) is 6.52. The first kappa shape index (κ1) is 13.6. The Hall–Kier alpha value is -1.85. The van der Waals surface area contributed by atoms with Gasteiger partial charge in [-0.2, -0.15) is 0 Å². The number of piperidine rings is 1. The molecule has 19 heavy (non-hydrogen) atoms. The summed E-state index contributed by atoms with van der Waals surface area (Å²) in [5, 5.41) is 9.10. The van der Waals surface area contributed by atoms with E-state index in [0.29, 0.717) is 26.0 Å². The average molecular weight is 267 g/mol. The minimum atomic E-state index is -1.06. The molecule has 0 saturated carbocycles. The molecule has 0 radical (unpaired) electrons. The van der Waals surface area contributed by atoms with Crippen molar-refractivity contribution in [2.24, 2.45) is 0 Å². The molecule has 2 aliphatic rings. The summed E-state index contributed by atoms with van der Waals surface area (Å²) in [6, 6.07) is -0.894. The molecule has 1 atom stereocenters. The van der Waals surface area contributed by atoms with E-state index >= 15 is 0 Å². The molecule has 1 saturated heterocycles. The molecule has 1 fully saturated rings. The molecule has 1 unspecified atom stereocenters. The zero-order valence-electron chi connectivity index (χ0n) is 10.6. The summed E-state index contributed by atoms with van der Waals surface area (Å²) in [4.78, 5) is 36.4. The van der Waals surface area contributed by atoms with Crippen molar-refractivity contribution in [3.8, 4) is 0 Å². The van der Waals surface area contributed by atoms with Gasteiger partial charge >= 0.3 is 5.97 Å². The third-order valence-electron chi connectivity index (χ3n) is 3.40. The number of ketones is 1. The Balaban J connectivity index is 2.10. The molecule has 2 heterocycles. The second-order valence-electron chi connectivity index (χ2n) is 4.74. The molecule has 0 aliphatic carbocycles. The number of aliphatic carboxylic acids is 1. The van der Waals surface area contributed by atoms with Crippen molar-refractivity contribution in [1.29, 1.82) is 0 Å². The van der Waals surface area contributed by atoms with Gasteiger partial charge in [0.15, 0.2) is 5.76 Å². The maximum absolute atomic E-state index is 12.1. The fraction of sp³-hybridized carbons (Fsp3) is 0.615. The SMILES string of the molecule is O=C(C(=O)N1CCCCC1C(=O)O)C1=CCCCO1. The van der Waals surface area contributed by atoms with E-state index < -0.39 is 23.7 Å². The summed E-state index contributed by atoms with van der Waals surface area (Å²) in [5.74, 6) is -2.49. The average Bonchev–Trinajstić information content (AvgIpc) is 2.46. The van der Waals surface area contributed by atoms with Crippen molar-refractivity contribution in [1.82, 2.24) is 4.90 Å². The molecular formula is C13H17NO5. The number of ether oxygens (including phenoxy) is 1. The highest BCUT2D eigenvalue weighted by Crippen LogP contribution is 2.19. The number of allylic oxidation sites excluding steroid dienone is 1. The third kappa shape index (κ3) is 2.94. The predicted molar refractivity (Wildman–Crippen MR) is 65.3 cm³/mol. The number of carbonyl (C=O) groups excluding carboxylic acids is 2. The Morgan fingerprint density at radius 1 is 1.26 bits per heavy atom. The van der Waals surface area contributed by atoms with Gasteiger partial charge in [-0.1, -0.05) is 0 Å². The lowest BCUT2D eigenvalue weighted by Gasteiger charge is -2.32. The minimum Gasteiger partial charge on any atom is -0.490 e. The largest absolute Gasteiger partial charge is 0.490 e. The number of nitrogens with zero attached hydrogens (tertiary/aromatic N) is 1. The van der Waals surface area contributed by atoms with E-state index in [9.17, 15) is 14.4 Å². The maximum atomic E-state index is 12.1. The fourth-order valence-corrected chi connectivity index (χ4v) is 2.38. The van der Waals surface area contributed by atoms with E-state index in [1.165, 1.54) is 0 Å². The van der Waals surface area contributed by atoms with Gasteiger partial charge in [0.1, 0.15) is 6.04 Å². The number of hydrogen-bond acceptors (Lipinski definition) is 4. The fourth-order valence-electron chi connectivity index (χ4n) is 2.38. The Morgan fingerprint density at radius 3 is 2.68 bits per heavy atom. The zero-order chi connectivity index (χ0) is 13.8. The van der Waals surface area contributed by atoms with Gasteiger partial charge in [0, 0.05) is 6.54 Å². The molecule has 0 bridgehead atoms. The van der Waals surface area contributed by atoms with Crippen molar-refractivity contribution in [3.63, 3.8) is 0 Å². The first-order valence-electron chi connectivity index (χ1n) is 6.52. The molecule has 2 rings (SSSR count). The monoisotopic (exact) mass is 267 g/mol. The van der Waals surface area contributed by atoms with Gasteiger partial charge in [-0.15, -0.1) is 0 Å². The second-order valence-corrected chi connectivity index (χ2v) is 4.74. The van der Waals surface area contributed by atoms with Crippen LogP contribution in [0.15, 0.2) is 11.8 Å². The molecule has 6 nitrogen and oxygen atoms in total. The van der Waals surface area contributed by atoms with Gasteiger partial charge < -0.3 is 14.7 Å². The number of carboxylic acids is 1. The molecular weight excluding hydrogens is 250 g/mol. The first-order chi connectivity index (χ1) is 9.11. The molecule has 0 aromatic carbocycles. The van der Waals surface area contributed by atoms with Crippen LogP contribution < -0.4 is 0 Å². The van der Waals surface area contributed by atoms with Crippen LogP contribution in [0.5, 0.6) is 0 Å². The lowest BCUT2D eigenvalue weighted by atomic mass is 10.0. The summed E-state index contributed by atoms with van der Waals surface area (Å²) >= 11 is 0. The summed E-state index contributed by atoms with van der Waals surface area (Å²) in [5.41, 5.74) is 0. The van der Waals surface area contributed by atoms with Crippen LogP contribution in [0.2, 0.25) is 0 Å². The molecule has 0 aromatic heterocycles. The maximum Gasteiger partial charge on any atom is 0.326 e. The molecule has 104 valence electrons. The predicted octanol–water partition coefficient (Wildman–Crippen LogP) is 0.715. The quantitative estimate of drug-likeness (QED) is 0.761. The van der Waals surface area contributed by atoms with Crippen LogP contribution in [0.25, 0.3) is 0 Å². The van der Waals surface area contributed by atoms with Crippen molar-refractivity contribution < 1.29 is 24.2 Å². The number of rotatable bonds is 3. The van der Waals surface area contributed by atoms with Crippen molar-refractivity contribution in [3.05, 3.63) is 11.8 Å². The Bertz CT molecular complexity index is 429. The number of carboxylic acid groups (broad SMARTS) is 1. The lowest BCUT2D eigenvalue weighted by Crippen LogP contribution is -2.50. The molecule has 2 aliphatic heterocycles. The van der Waals surface area contributed by atoms with Gasteiger partial charge in [-0.3, -0.25) is 9.59 Å².